The molecule has 2 rings (SSSR count). The van der Waals surface area contributed by atoms with E-state index in [0.717, 1.165) is 56.2 Å². The Morgan fingerprint density at radius 3 is 2.59 bits per heavy atom. The van der Waals surface area contributed by atoms with Crippen LogP contribution in [0.2, 0.25) is 0 Å². The summed E-state index contributed by atoms with van der Waals surface area (Å²) in [6.07, 6.45) is 6.67. The topological polar surface area (TPSA) is 82.8 Å². The molecule has 1 aliphatic heterocycles. The predicted molar refractivity (Wildman–Crippen MR) is 134 cm³/mol. The van der Waals surface area contributed by atoms with Crippen LogP contribution in [0, 0.1) is 10.1 Å². The average molecular weight is 535 g/mol. The van der Waals surface area contributed by atoms with Crippen LogP contribution in [0.25, 0.3) is 0 Å². The summed E-state index contributed by atoms with van der Waals surface area (Å²) in [7, 11) is 0. The Balaban J connectivity index is 0.00000420. The van der Waals surface area contributed by atoms with Gasteiger partial charge >= 0.3 is 0 Å². The second kappa shape index (κ2) is 14.8. The fraction of sp³-hybridized carbons (Fsp3) is 0.650. The van der Waals surface area contributed by atoms with E-state index in [-0.39, 0.29) is 34.6 Å². The lowest BCUT2D eigenvalue weighted by Gasteiger charge is -2.32. The monoisotopic (exact) mass is 535 g/mol. The number of benzene rings is 1. The van der Waals surface area contributed by atoms with E-state index >= 15 is 0 Å². The molecule has 29 heavy (non-hydrogen) atoms. The molecule has 1 fully saturated rings. The third kappa shape index (κ3) is 9.99. The molecule has 0 aromatic heterocycles. The van der Waals surface area contributed by atoms with Crippen LogP contribution in [0.15, 0.2) is 29.3 Å². The maximum absolute atomic E-state index is 10.8. The molecule has 0 saturated carbocycles. The minimum atomic E-state index is -0.377. The Kier molecular flexibility index (Phi) is 13.3. The van der Waals surface area contributed by atoms with Gasteiger partial charge in [-0.1, -0.05) is 19.1 Å². The molecular formula is C20H34IN5O2S. The predicted octanol–water partition coefficient (Wildman–Crippen LogP) is 3.88. The maximum atomic E-state index is 10.8. The molecule has 0 atom stereocenters. The van der Waals surface area contributed by atoms with E-state index < -0.39 is 0 Å². The summed E-state index contributed by atoms with van der Waals surface area (Å²) in [4.78, 5) is 17.7. The van der Waals surface area contributed by atoms with Crippen molar-refractivity contribution in [3.8, 4) is 0 Å². The fourth-order valence-corrected chi connectivity index (χ4v) is 3.71. The van der Waals surface area contributed by atoms with Gasteiger partial charge in [-0.05, 0) is 49.8 Å². The van der Waals surface area contributed by atoms with Gasteiger partial charge in [0.25, 0.3) is 5.69 Å². The first-order valence-electron chi connectivity index (χ1n) is 10.1. The largest absolute Gasteiger partial charge is 0.356 e. The maximum Gasteiger partial charge on any atom is 0.269 e. The minimum absolute atomic E-state index is 0. The van der Waals surface area contributed by atoms with E-state index in [2.05, 4.69) is 28.7 Å². The first kappa shape index (κ1) is 26.0. The highest BCUT2D eigenvalue weighted by Crippen LogP contribution is 2.13. The van der Waals surface area contributed by atoms with E-state index in [9.17, 15) is 10.1 Å². The molecule has 1 heterocycles. The van der Waals surface area contributed by atoms with Gasteiger partial charge in [0.15, 0.2) is 5.96 Å². The van der Waals surface area contributed by atoms with Gasteiger partial charge in [0.1, 0.15) is 0 Å². The zero-order chi connectivity index (χ0) is 20.2. The molecule has 0 unspecified atom stereocenters. The average Bonchev–Trinajstić information content (AvgIpc) is 2.71. The molecule has 9 heteroatoms. The SMILES string of the molecule is CCCN1CCC(NC(=NCc2ccc([N+](=O)[O-])cc2)NCCCSC)CC1.I. The summed E-state index contributed by atoms with van der Waals surface area (Å²) in [5.74, 6) is 1.96. The van der Waals surface area contributed by atoms with E-state index in [1.54, 1.807) is 12.1 Å². The molecule has 0 bridgehead atoms. The molecule has 0 spiro atoms. The summed E-state index contributed by atoms with van der Waals surface area (Å²) < 4.78 is 0. The molecule has 1 aromatic rings. The van der Waals surface area contributed by atoms with Crippen LogP contribution in [0.5, 0.6) is 0 Å². The highest BCUT2D eigenvalue weighted by atomic mass is 127. The molecule has 0 aliphatic carbocycles. The van der Waals surface area contributed by atoms with Gasteiger partial charge in [0.05, 0.1) is 11.5 Å². The normalized spacial score (nSPS) is 15.6. The zero-order valence-corrected chi connectivity index (χ0v) is 20.6. The van der Waals surface area contributed by atoms with Crippen molar-refractivity contribution in [2.75, 3.05) is 38.2 Å². The Labute approximate surface area is 195 Å². The number of likely N-dealkylation sites (tertiary alicyclic amines) is 1. The van der Waals surface area contributed by atoms with Gasteiger partial charge < -0.3 is 15.5 Å². The lowest BCUT2D eigenvalue weighted by molar-refractivity contribution is -0.384. The van der Waals surface area contributed by atoms with E-state index in [1.165, 1.54) is 25.1 Å². The first-order chi connectivity index (χ1) is 13.6. The molecule has 1 aliphatic rings. The van der Waals surface area contributed by atoms with Crippen molar-refractivity contribution in [3.05, 3.63) is 39.9 Å². The van der Waals surface area contributed by atoms with Crippen molar-refractivity contribution in [3.63, 3.8) is 0 Å². The van der Waals surface area contributed by atoms with Crippen LogP contribution in [0.4, 0.5) is 5.69 Å². The minimum Gasteiger partial charge on any atom is -0.356 e. The summed E-state index contributed by atoms with van der Waals surface area (Å²) in [5.41, 5.74) is 1.08. The fourth-order valence-electron chi connectivity index (χ4n) is 3.28. The number of aliphatic imine (C=N–C) groups is 1. The number of nitrogens with zero attached hydrogens (tertiary/aromatic N) is 3. The molecule has 7 nitrogen and oxygen atoms in total. The Morgan fingerprint density at radius 2 is 2.00 bits per heavy atom. The molecule has 0 radical (unpaired) electrons. The van der Waals surface area contributed by atoms with Crippen LogP contribution >= 0.6 is 35.7 Å². The second-order valence-corrected chi connectivity index (χ2v) is 8.11. The number of piperidine rings is 1. The van der Waals surface area contributed by atoms with Crippen molar-refractivity contribution in [2.45, 2.75) is 45.2 Å². The standard InChI is InChI=1S/C20H33N5O2S.HI/c1-3-12-24-13-9-18(10-14-24)23-20(21-11-4-15-28-2)22-16-17-5-7-19(8-6-17)25(26)27;/h5-8,18H,3-4,9-16H2,1-2H3,(H2,21,22,23);1H. The quantitative estimate of drug-likeness (QED) is 0.118. The van der Waals surface area contributed by atoms with Crippen LogP contribution in [-0.2, 0) is 6.54 Å². The molecule has 1 aromatic carbocycles. The number of nitro benzene ring substituents is 1. The second-order valence-electron chi connectivity index (χ2n) is 7.12. The summed E-state index contributed by atoms with van der Waals surface area (Å²) >= 11 is 1.85. The number of halogens is 1. The summed E-state index contributed by atoms with van der Waals surface area (Å²) in [6.45, 7) is 7.07. The summed E-state index contributed by atoms with van der Waals surface area (Å²) in [6, 6.07) is 7.06. The number of nitro groups is 1. The summed E-state index contributed by atoms with van der Waals surface area (Å²) in [5, 5.41) is 17.8. The van der Waals surface area contributed by atoms with E-state index in [0.29, 0.717) is 12.6 Å². The van der Waals surface area contributed by atoms with Crippen molar-refractivity contribution in [2.24, 2.45) is 4.99 Å². The zero-order valence-electron chi connectivity index (χ0n) is 17.4. The molecular weight excluding hydrogens is 501 g/mol. The van der Waals surface area contributed by atoms with Gasteiger partial charge in [-0.15, -0.1) is 24.0 Å². The first-order valence-corrected chi connectivity index (χ1v) is 11.5. The van der Waals surface area contributed by atoms with Gasteiger partial charge in [-0.3, -0.25) is 10.1 Å². The number of thioether (sulfide) groups is 1. The van der Waals surface area contributed by atoms with Crippen LogP contribution in [-0.4, -0.2) is 60.0 Å². The molecule has 2 N–H and O–H groups in total. The molecule has 1 saturated heterocycles. The van der Waals surface area contributed by atoms with Crippen LogP contribution < -0.4 is 10.6 Å². The molecule has 0 amide bonds. The van der Waals surface area contributed by atoms with Crippen LogP contribution in [0.1, 0.15) is 38.2 Å². The highest BCUT2D eigenvalue weighted by Gasteiger charge is 2.19. The van der Waals surface area contributed by atoms with Gasteiger partial charge in [0, 0.05) is 37.8 Å². The van der Waals surface area contributed by atoms with E-state index in [4.69, 9.17) is 4.99 Å². The highest BCUT2D eigenvalue weighted by molar-refractivity contribution is 14.0. The van der Waals surface area contributed by atoms with Gasteiger partial charge in [-0.2, -0.15) is 11.8 Å². The van der Waals surface area contributed by atoms with Crippen LogP contribution in [0.3, 0.4) is 0 Å². The number of guanidine groups is 1. The third-order valence-electron chi connectivity index (χ3n) is 4.85. The smallest absolute Gasteiger partial charge is 0.269 e. The van der Waals surface area contributed by atoms with Gasteiger partial charge in [-0.25, -0.2) is 4.99 Å². The number of nitrogens with one attached hydrogen (secondary N) is 2. The third-order valence-corrected chi connectivity index (χ3v) is 5.55. The number of non-ortho nitro benzene ring substituents is 1. The Bertz CT molecular complexity index is 622. The number of rotatable bonds is 10. The van der Waals surface area contributed by atoms with Crippen molar-refractivity contribution < 1.29 is 4.92 Å². The lowest BCUT2D eigenvalue weighted by atomic mass is 10.1. The van der Waals surface area contributed by atoms with Crippen molar-refractivity contribution in [1.82, 2.24) is 15.5 Å². The van der Waals surface area contributed by atoms with E-state index in [1.807, 2.05) is 11.8 Å². The molecule has 164 valence electrons. The number of hydrogen-bond acceptors (Lipinski definition) is 5. The number of hydrogen-bond donors (Lipinski definition) is 2. The van der Waals surface area contributed by atoms with Crippen molar-refractivity contribution >= 4 is 47.4 Å². The Morgan fingerprint density at radius 1 is 1.31 bits per heavy atom. The van der Waals surface area contributed by atoms with Crippen molar-refractivity contribution in [1.29, 1.82) is 0 Å². The van der Waals surface area contributed by atoms with Gasteiger partial charge in [0.2, 0.25) is 0 Å². The lowest BCUT2D eigenvalue weighted by Crippen LogP contribution is -2.49. The Hall–Kier alpha value is -1.07.